The number of carbonyl (C=O) groups is 2. The third-order valence-electron chi connectivity index (χ3n) is 5.88. The van der Waals surface area contributed by atoms with E-state index in [1.807, 2.05) is 36.7 Å². The molecule has 10 heteroatoms. The highest BCUT2D eigenvalue weighted by atomic mass is 32.1. The minimum atomic E-state index is -0.327. The van der Waals surface area contributed by atoms with Crippen LogP contribution in [0.4, 0.5) is 9.80 Å². The third kappa shape index (κ3) is 6.13. The average molecular weight is 495 g/mol. The lowest BCUT2D eigenvalue weighted by Gasteiger charge is -2.26. The first-order valence-corrected chi connectivity index (χ1v) is 12.4. The number of carbonyl (C=O) groups excluding carboxylic acids is 2. The van der Waals surface area contributed by atoms with Gasteiger partial charge in [-0.05, 0) is 43.9 Å². The minimum Gasteiger partial charge on any atom is -0.448 e. The summed E-state index contributed by atoms with van der Waals surface area (Å²) in [6, 6.07) is 3.83. The monoisotopic (exact) mass is 494 g/mol. The van der Waals surface area contributed by atoms with Gasteiger partial charge in [-0.25, -0.2) is 9.78 Å². The number of hydrogen-bond donors (Lipinski definition) is 1. The first-order chi connectivity index (χ1) is 16.9. The van der Waals surface area contributed by atoms with Gasteiger partial charge in [0.1, 0.15) is 17.4 Å². The quantitative estimate of drug-likeness (QED) is 0.481. The number of aliphatic imine (C=N–C) groups is 1. The normalized spacial score (nSPS) is 13.2. The smallest absolute Gasteiger partial charge is 0.410 e. The Hall–Kier alpha value is -3.53. The zero-order chi connectivity index (χ0) is 24.8. The number of aryl methyl sites for hydroxylation is 3. The molecule has 0 aliphatic carbocycles. The zero-order valence-electron chi connectivity index (χ0n) is 20.3. The summed E-state index contributed by atoms with van der Waals surface area (Å²) in [5, 5.41) is 3.83. The number of rotatable bonds is 8. The molecule has 1 aliphatic heterocycles. The van der Waals surface area contributed by atoms with E-state index in [-0.39, 0.29) is 18.6 Å². The second-order valence-corrected chi connectivity index (χ2v) is 9.56. The lowest BCUT2D eigenvalue weighted by atomic mass is 10.0. The number of nitrogens with one attached hydrogen (secondary N) is 1. The predicted molar refractivity (Wildman–Crippen MR) is 136 cm³/mol. The number of amides is 2. The number of pyridine rings is 1. The van der Waals surface area contributed by atoms with Crippen molar-refractivity contribution < 1.29 is 14.3 Å². The van der Waals surface area contributed by atoms with Crippen molar-refractivity contribution in [2.24, 2.45) is 4.99 Å². The van der Waals surface area contributed by atoms with Crippen molar-refractivity contribution in [3.8, 4) is 0 Å². The minimum absolute atomic E-state index is 0.0560. The first kappa shape index (κ1) is 24.6. The van der Waals surface area contributed by atoms with Gasteiger partial charge in [0, 0.05) is 55.3 Å². The fourth-order valence-electron chi connectivity index (χ4n) is 4.15. The maximum atomic E-state index is 12.7. The Morgan fingerprint density at radius 2 is 2.20 bits per heavy atom. The van der Waals surface area contributed by atoms with E-state index in [0.29, 0.717) is 38.9 Å². The second kappa shape index (κ2) is 11.3. The zero-order valence-corrected chi connectivity index (χ0v) is 21.1. The second-order valence-electron chi connectivity index (χ2n) is 8.45. The van der Waals surface area contributed by atoms with Crippen molar-refractivity contribution in [3.63, 3.8) is 0 Å². The van der Waals surface area contributed by atoms with E-state index in [0.717, 1.165) is 38.1 Å². The predicted octanol–water partition coefficient (Wildman–Crippen LogP) is 3.77. The number of fused-ring (bicyclic) bond motifs is 1. The van der Waals surface area contributed by atoms with Crippen LogP contribution < -0.4 is 5.32 Å². The Morgan fingerprint density at radius 1 is 1.34 bits per heavy atom. The van der Waals surface area contributed by atoms with Crippen molar-refractivity contribution in [1.82, 2.24) is 19.4 Å². The number of thiophene rings is 1. The molecule has 4 heterocycles. The highest BCUT2D eigenvalue weighted by molar-refractivity contribution is 7.16. The molecule has 35 heavy (non-hydrogen) atoms. The molecular weight excluding hydrogens is 464 g/mol. The number of nitrogens with zero attached hydrogens (tertiary/aromatic N) is 5. The van der Waals surface area contributed by atoms with Crippen LogP contribution in [0.3, 0.4) is 0 Å². The van der Waals surface area contributed by atoms with E-state index in [9.17, 15) is 9.59 Å². The lowest BCUT2D eigenvalue weighted by molar-refractivity contribution is -0.116. The van der Waals surface area contributed by atoms with Crippen LogP contribution in [-0.4, -0.2) is 57.8 Å². The van der Waals surface area contributed by atoms with Gasteiger partial charge < -0.3 is 19.5 Å². The van der Waals surface area contributed by atoms with Crippen LogP contribution in [0.5, 0.6) is 0 Å². The fraction of sp³-hybridized carbons (Fsp3) is 0.400. The topological polar surface area (TPSA) is 102 Å². The van der Waals surface area contributed by atoms with Crippen molar-refractivity contribution in [2.45, 2.75) is 46.2 Å². The summed E-state index contributed by atoms with van der Waals surface area (Å²) in [4.78, 5) is 40.7. The van der Waals surface area contributed by atoms with Gasteiger partial charge >= 0.3 is 6.09 Å². The summed E-state index contributed by atoms with van der Waals surface area (Å²) in [5.41, 5.74) is 4.04. The largest absolute Gasteiger partial charge is 0.448 e. The Morgan fingerprint density at radius 3 is 2.91 bits per heavy atom. The molecule has 0 atom stereocenters. The van der Waals surface area contributed by atoms with Crippen LogP contribution in [0.2, 0.25) is 0 Å². The average Bonchev–Trinajstić information content (AvgIpc) is 3.36. The molecule has 0 radical (unpaired) electrons. The molecule has 9 nitrogen and oxygen atoms in total. The van der Waals surface area contributed by atoms with Gasteiger partial charge in [0.05, 0.1) is 18.8 Å². The molecule has 0 aromatic carbocycles. The summed E-state index contributed by atoms with van der Waals surface area (Å²) in [7, 11) is 1.72. The van der Waals surface area contributed by atoms with Gasteiger partial charge in [0.2, 0.25) is 5.91 Å². The van der Waals surface area contributed by atoms with E-state index in [1.54, 1.807) is 30.6 Å². The molecule has 0 fully saturated rings. The molecule has 3 aromatic rings. The molecule has 1 aliphatic rings. The van der Waals surface area contributed by atoms with Crippen LogP contribution in [0.25, 0.3) is 0 Å². The molecule has 0 spiro atoms. The fourth-order valence-corrected chi connectivity index (χ4v) is 5.40. The number of ether oxygens (including phenoxy) is 1. The van der Waals surface area contributed by atoms with E-state index in [1.165, 1.54) is 11.3 Å². The van der Waals surface area contributed by atoms with E-state index in [2.05, 4.69) is 20.3 Å². The molecule has 184 valence electrons. The van der Waals surface area contributed by atoms with E-state index in [4.69, 9.17) is 4.74 Å². The maximum Gasteiger partial charge on any atom is 0.410 e. The molecule has 0 saturated carbocycles. The van der Waals surface area contributed by atoms with Crippen molar-refractivity contribution in [1.29, 1.82) is 0 Å². The molecule has 0 unspecified atom stereocenters. The van der Waals surface area contributed by atoms with Gasteiger partial charge in [-0.1, -0.05) is 6.07 Å². The van der Waals surface area contributed by atoms with Gasteiger partial charge in [-0.3, -0.25) is 14.8 Å². The van der Waals surface area contributed by atoms with Crippen LogP contribution in [-0.2, 0) is 35.5 Å². The molecular formula is C25H30N6O3S. The lowest BCUT2D eigenvalue weighted by Crippen LogP contribution is -2.36. The number of anilines is 1. The maximum absolute atomic E-state index is 12.7. The molecule has 4 rings (SSSR count). The van der Waals surface area contributed by atoms with Crippen molar-refractivity contribution in [2.75, 3.05) is 25.5 Å². The third-order valence-corrected chi connectivity index (χ3v) is 7.03. The summed E-state index contributed by atoms with van der Waals surface area (Å²) in [5.74, 6) is 0.847. The van der Waals surface area contributed by atoms with Crippen LogP contribution in [0.15, 0.2) is 35.7 Å². The van der Waals surface area contributed by atoms with Gasteiger partial charge in [-0.2, -0.15) is 0 Å². The Labute approximate surface area is 208 Å². The summed E-state index contributed by atoms with van der Waals surface area (Å²) in [6.07, 6.45) is 8.58. The summed E-state index contributed by atoms with van der Waals surface area (Å²) < 4.78 is 7.51. The van der Waals surface area contributed by atoms with Gasteiger partial charge in [0.15, 0.2) is 0 Å². The van der Waals surface area contributed by atoms with Crippen molar-refractivity contribution in [3.05, 3.63) is 63.8 Å². The Bertz CT molecular complexity index is 1220. The van der Waals surface area contributed by atoms with Gasteiger partial charge in [0.25, 0.3) is 0 Å². The number of aromatic nitrogens is 3. The van der Waals surface area contributed by atoms with Crippen molar-refractivity contribution >= 4 is 34.6 Å². The highest BCUT2D eigenvalue weighted by Gasteiger charge is 2.27. The SMILES string of the molecule is CN=Cc1c(NC(=O)CCc2cccnc2)sc2c1CCN(C(=O)OCCn1cc(C)nc1C)C2. The van der Waals surface area contributed by atoms with E-state index >= 15 is 0 Å². The molecule has 2 amide bonds. The Balaban J connectivity index is 1.36. The molecule has 0 saturated heterocycles. The molecule has 0 bridgehead atoms. The van der Waals surface area contributed by atoms with Crippen LogP contribution in [0.1, 0.15) is 39.5 Å². The highest BCUT2D eigenvalue weighted by Crippen LogP contribution is 2.36. The van der Waals surface area contributed by atoms with E-state index < -0.39 is 0 Å². The molecule has 1 N–H and O–H groups in total. The molecule has 3 aromatic heterocycles. The first-order valence-electron chi connectivity index (χ1n) is 11.6. The summed E-state index contributed by atoms with van der Waals surface area (Å²) >= 11 is 1.50. The van der Waals surface area contributed by atoms with Crippen LogP contribution >= 0.6 is 11.3 Å². The Kier molecular flexibility index (Phi) is 7.91. The van der Waals surface area contributed by atoms with Gasteiger partial charge in [-0.15, -0.1) is 11.3 Å². The summed E-state index contributed by atoms with van der Waals surface area (Å²) in [6.45, 7) is 5.75. The number of imidazole rings is 1. The number of hydrogen-bond acceptors (Lipinski definition) is 7. The van der Waals surface area contributed by atoms with Crippen LogP contribution in [0, 0.1) is 13.8 Å². The standard InChI is InChI=1S/C25H30N6O3S/c1-17-15-30(18(2)28-17)11-12-34-25(33)31-10-8-20-21(14-26-3)24(35-22(20)16-31)29-23(32)7-6-19-5-4-9-27-13-19/h4-5,9,13-15H,6-8,10-12,16H2,1-3H3,(H,29,32).